The van der Waals surface area contributed by atoms with Crippen molar-refractivity contribution >= 4 is 28.9 Å². The molecule has 1 unspecified atom stereocenters. The van der Waals surface area contributed by atoms with Crippen LogP contribution in [0.2, 0.25) is 10.0 Å². The van der Waals surface area contributed by atoms with E-state index in [2.05, 4.69) is 5.32 Å². The van der Waals surface area contributed by atoms with E-state index < -0.39 is 5.82 Å². The van der Waals surface area contributed by atoms with Crippen LogP contribution >= 0.6 is 23.2 Å². The maximum atomic E-state index is 13.7. The molecule has 0 amide bonds. The number of benzene rings is 2. The molecule has 2 rings (SSSR count). The molecular formula is C14H12Cl2FN. The van der Waals surface area contributed by atoms with Crippen LogP contribution in [-0.4, -0.2) is 0 Å². The Morgan fingerprint density at radius 2 is 1.83 bits per heavy atom. The van der Waals surface area contributed by atoms with Crippen molar-refractivity contribution in [3.8, 4) is 0 Å². The average Bonchev–Trinajstić information content (AvgIpc) is 2.35. The Morgan fingerprint density at radius 3 is 2.56 bits per heavy atom. The normalized spacial score (nSPS) is 12.2. The van der Waals surface area contributed by atoms with Gasteiger partial charge in [0.25, 0.3) is 0 Å². The third-order valence-corrected chi connectivity index (χ3v) is 3.20. The highest BCUT2D eigenvalue weighted by molar-refractivity contribution is 6.31. The van der Waals surface area contributed by atoms with Gasteiger partial charge in [0.2, 0.25) is 0 Å². The molecule has 0 saturated heterocycles. The van der Waals surface area contributed by atoms with Gasteiger partial charge in [-0.3, -0.25) is 0 Å². The number of anilines is 1. The van der Waals surface area contributed by atoms with Crippen LogP contribution in [0.4, 0.5) is 10.1 Å². The Morgan fingerprint density at radius 1 is 1.11 bits per heavy atom. The van der Waals surface area contributed by atoms with Crippen LogP contribution < -0.4 is 5.32 Å². The van der Waals surface area contributed by atoms with Crippen molar-refractivity contribution in [2.45, 2.75) is 13.0 Å². The third kappa shape index (κ3) is 2.95. The van der Waals surface area contributed by atoms with E-state index in [1.165, 1.54) is 6.07 Å². The van der Waals surface area contributed by atoms with Gasteiger partial charge in [-0.1, -0.05) is 41.4 Å². The van der Waals surface area contributed by atoms with Crippen LogP contribution in [0.5, 0.6) is 0 Å². The van der Waals surface area contributed by atoms with E-state index >= 15 is 0 Å². The van der Waals surface area contributed by atoms with Crippen LogP contribution in [0, 0.1) is 5.82 Å². The molecule has 4 heteroatoms. The van der Waals surface area contributed by atoms with Crippen LogP contribution in [0.1, 0.15) is 18.5 Å². The van der Waals surface area contributed by atoms with Gasteiger partial charge in [0.05, 0.1) is 10.7 Å². The smallest absolute Gasteiger partial charge is 0.164 e. The molecule has 2 aromatic rings. The number of hydrogen-bond donors (Lipinski definition) is 1. The zero-order chi connectivity index (χ0) is 13.1. The van der Waals surface area contributed by atoms with E-state index in [9.17, 15) is 4.39 Å². The summed E-state index contributed by atoms with van der Waals surface area (Å²) < 4.78 is 13.7. The molecule has 18 heavy (non-hydrogen) atoms. The number of hydrogen-bond acceptors (Lipinski definition) is 1. The maximum absolute atomic E-state index is 13.7. The molecule has 0 radical (unpaired) electrons. The quantitative estimate of drug-likeness (QED) is 0.805. The lowest BCUT2D eigenvalue weighted by molar-refractivity contribution is 0.628. The summed E-state index contributed by atoms with van der Waals surface area (Å²) in [7, 11) is 0. The molecule has 0 bridgehead atoms. The molecule has 1 N–H and O–H groups in total. The first kappa shape index (κ1) is 13.2. The van der Waals surface area contributed by atoms with Crippen LogP contribution in [-0.2, 0) is 0 Å². The Balaban J connectivity index is 2.21. The number of rotatable bonds is 3. The van der Waals surface area contributed by atoms with E-state index in [-0.39, 0.29) is 11.1 Å². The Kier molecular flexibility index (Phi) is 4.10. The molecular weight excluding hydrogens is 272 g/mol. The van der Waals surface area contributed by atoms with Gasteiger partial charge in [0.1, 0.15) is 0 Å². The highest BCUT2D eigenvalue weighted by Gasteiger charge is 2.10. The minimum Gasteiger partial charge on any atom is -0.376 e. The summed E-state index contributed by atoms with van der Waals surface area (Å²) in [5.41, 5.74) is 1.37. The zero-order valence-corrected chi connectivity index (χ0v) is 11.3. The van der Waals surface area contributed by atoms with Crippen molar-refractivity contribution in [3.05, 3.63) is 63.9 Å². The van der Waals surface area contributed by atoms with E-state index in [0.29, 0.717) is 10.7 Å². The predicted octanol–water partition coefficient (Wildman–Crippen LogP) is 5.31. The Hall–Kier alpha value is -1.25. The van der Waals surface area contributed by atoms with Crippen molar-refractivity contribution in [2.75, 3.05) is 5.32 Å². The van der Waals surface area contributed by atoms with Crippen LogP contribution in [0.25, 0.3) is 0 Å². The molecule has 0 aliphatic rings. The summed E-state index contributed by atoms with van der Waals surface area (Å²) >= 11 is 11.7. The standard InChI is InChI=1S/C14H12Cl2FN/c1-9(10-4-2-5-11(15)8-10)18-13-7-3-6-12(16)14(13)17/h2-9,18H,1H3. The summed E-state index contributed by atoms with van der Waals surface area (Å²) in [6, 6.07) is 12.3. The maximum Gasteiger partial charge on any atom is 0.164 e. The molecule has 0 aromatic heterocycles. The summed E-state index contributed by atoms with van der Waals surface area (Å²) in [4.78, 5) is 0. The van der Waals surface area contributed by atoms with Gasteiger partial charge in [0, 0.05) is 11.1 Å². The Labute approximate surface area is 116 Å². The molecule has 1 nitrogen and oxygen atoms in total. The first-order valence-corrected chi connectivity index (χ1v) is 6.29. The lowest BCUT2D eigenvalue weighted by atomic mass is 10.1. The summed E-state index contributed by atoms with van der Waals surface area (Å²) in [6.45, 7) is 1.94. The fourth-order valence-electron chi connectivity index (χ4n) is 1.71. The van der Waals surface area contributed by atoms with Crippen molar-refractivity contribution in [2.24, 2.45) is 0 Å². The fourth-order valence-corrected chi connectivity index (χ4v) is 2.08. The van der Waals surface area contributed by atoms with Crippen LogP contribution in [0.15, 0.2) is 42.5 Å². The summed E-state index contributed by atoms with van der Waals surface area (Å²) in [5, 5.41) is 3.85. The monoisotopic (exact) mass is 283 g/mol. The van der Waals surface area contributed by atoms with E-state index in [1.54, 1.807) is 18.2 Å². The van der Waals surface area contributed by atoms with Crippen molar-refractivity contribution in [3.63, 3.8) is 0 Å². The second kappa shape index (κ2) is 5.59. The van der Waals surface area contributed by atoms with Gasteiger partial charge in [-0.15, -0.1) is 0 Å². The van der Waals surface area contributed by atoms with E-state index in [0.717, 1.165) is 5.56 Å². The summed E-state index contributed by atoms with van der Waals surface area (Å²) in [5.74, 6) is -0.437. The minimum absolute atomic E-state index is 0.0586. The van der Waals surface area contributed by atoms with Crippen molar-refractivity contribution in [1.29, 1.82) is 0 Å². The average molecular weight is 284 g/mol. The molecule has 1 atom stereocenters. The zero-order valence-electron chi connectivity index (χ0n) is 9.75. The highest BCUT2D eigenvalue weighted by atomic mass is 35.5. The topological polar surface area (TPSA) is 12.0 Å². The minimum atomic E-state index is -0.437. The Bertz CT molecular complexity index is 557. The summed E-state index contributed by atoms with van der Waals surface area (Å²) in [6.07, 6.45) is 0. The van der Waals surface area contributed by atoms with E-state index in [1.807, 2.05) is 25.1 Å². The van der Waals surface area contributed by atoms with Gasteiger partial charge in [-0.2, -0.15) is 0 Å². The van der Waals surface area contributed by atoms with Gasteiger partial charge in [-0.05, 0) is 36.8 Å². The number of halogens is 3. The lowest BCUT2D eigenvalue weighted by Gasteiger charge is -2.16. The molecule has 0 saturated carbocycles. The van der Waals surface area contributed by atoms with Crippen molar-refractivity contribution < 1.29 is 4.39 Å². The SMILES string of the molecule is CC(Nc1cccc(Cl)c1F)c1cccc(Cl)c1. The predicted molar refractivity (Wildman–Crippen MR) is 74.9 cm³/mol. The highest BCUT2D eigenvalue weighted by Crippen LogP contribution is 2.26. The molecule has 2 aromatic carbocycles. The fraction of sp³-hybridized carbons (Fsp3) is 0.143. The lowest BCUT2D eigenvalue weighted by Crippen LogP contribution is -2.08. The van der Waals surface area contributed by atoms with Crippen molar-refractivity contribution in [1.82, 2.24) is 0 Å². The first-order valence-electron chi connectivity index (χ1n) is 5.54. The molecule has 0 aliphatic heterocycles. The number of nitrogens with one attached hydrogen (secondary N) is 1. The molecule has 0 fully saturated rings. The van der Waals surface area contributed by atoms with Gasteiger partial charge in [-0.25, -0.2) is 4.39 Å². The second-order valence-corrected chi connectivity index (χ2v) is 4.87. The van der Waals surface area contributed by atoms with Gasteiger partial charge in [0.15, 0.2) is 5.82 Å². The molecule has 0 spiro atoms. The largest absolute Gasteiger partial charge is 0.376 e. The first-order chi connectivity index (χ1) is 8.58. The van der Waals surface area contributed by atoms with Gasteiger partial charge >= 0.3 is 0 Å². The molecule has 94 valence electrons. The molecule has 0 aliphatic carbocycles. The molecule has 0 heterocycles. The third-order valence-electron chi connectivity index (χ3n) is 2.67. The van der Waals surface area contributed by atoms with Crippen LogP contribution in [0.3, 0.4) is 0 Å². The second-order valence-electron chi connectivity index (χ2n) is 4.02. The van der Waals surface area contributed by atoms with E-state index in [4.69, 9.17) is 23.2 Å². The van der Waals surface area contributed by atoms with Gasteiger partial charge < -0.3 is 5.32 Å².